The van der Waals surface area contributed by atoms with Crippen molar-refractivity contribution in [1.29, 1.82) is 0 Å². The van der Waals surface area contributed by atoms with Crippen LogP contribution in [0, 0.1) is 6.92 Å². The van der Waals surface area contributed by atoms with Crippen LogP contribution >= 0.6 is 11.3 Å². The quantitative estimate of drug-likeness (QED) is 0.615. The number of aryl methyl sites for hydroxylation is 1. The van der Waals surface area contributed by atoms with Crippen LogP contribution in [0.4, 0.5) is 0 Å². The molecule has 0 aliphatic heterocycles. The van der Waals surface area contributed by atoms with Gasteiger partial charge in [0.05, 0.1) is 6.54 Å². The standard InChI is InChI=1S/C12H15NOS/c1-3-4-5-6-12(14)13-9-11-10(2)7-8-15-11/h3-8H,9H2,1-2H3,(H,13,14)/b4-3+,6-5+. The van der Waals surface area contributed by atoms with E-state index < -0.39 is 0 Å². The number of hydrogen-bond donors (Lipinski definition) is 1. The molecule has 0 fully saturated rings. The molecule has 80 valence electrons. The smallest absolute Gasteiger partial charge is 0.244 e. The molecule has 15 heavy (non-hydrogen) atoms. The van der Waals surface area contributed by atoms with E-state index in [1.165, 1.54) is 16.5 Å². The number of amides is 1. The Hall–Kier alpha value is -1.35. The summed E-state index contributed by atoms with van der Waals surface area (Å²) in [5, 5.41) is 4.87. The van der Waals surface area contributed by atoms with E-state index in [1.54, 1.807) is 17.4 Å². The van der Waals surface area contributed by atoms with Gasteiger partial charge in [-0.1, -0.05) is 18.2 Å². The van der Waals surface area contributed by atoms with Crippen LogP contribution in [0.1, 0.15) is 17.4 Å². The number of hydrogen-bond acceptors (Lipinski definition) is 2. The highest BCUT2D eigenvalue weighted by atomic mass is 32.1. The van der Waals surface area contributed by atoms with Gasteiger partial charge in [-0.25, -0.2) is 0 Å². The Morgan fingerprint density at radius 3 is 2.93 bits per heavy atom. The van der Waals surface area contributed by atoms with E-state index in [9.17, 15) is 4.79 Å². The molecule has 1 aromatic heterocycles. The lowest BCUT2D eigenvalue weighted by atomic mass is 10.3. The predicted molar refractivity (Wildman–Crippen MR) is 64.9 cm³/mol. The maximum atomic E-state index is 11.3. The summed E-state index contributed by atoms with van der Waals surface area (Å²) in [4.78, 5) is 12.5. The Kier molecular flexibility index (Phi) is 4.84. The number of rotatable bonds is 4. The zero-order chi connectivity index (χ0) is 11.1. The summed E-state index contributed by atoms with van der Waals surface area (Å²) in [5.41, 5.74) is 1.23. The summed E-state index contributed by atoms with van der Waals surface area (Å²) in [6, 6.07) is 2.06. The highest BCUT2D eigenvalue weighted by Gasteiger charge is 2.00. The molecule has 0 aliphatic rings. The highest BCUT2D eigenvalue weighted by molar-refractivity contribution is 7.10. The van der Waals surface area contributed by atoms with Crippen molar-refractivity contribution in [3.63, 3.8) is 0 Å². The minimum atomic E-state index is -0.0547. The normalized spacial score (nSPS) is 11.3. The van der Waals surface area contributed by atoms with Gasteiger partial charge in [0.1, 0.15) is 0 Å². The Morgan fingerprint density at radius 1 is 1.53 bits per heavy atom. The first kappa shape index (κ1) is 11.7. The highest BCUT2D eigenvalue weighted by Crippen LogP contribution is 2.14. The van der Waals surface area contributed by atoms with Crippen molar-refractivity contribution < 1.29 is 4.79 Å². The molecule has 0 bridgehead atoms. The maximum absolute atomic E-state index is 11.3. The molecule has 0 spiro atoms. The first-order valence-corrected chi connectivity index (χ1v) is 5.72. The average molecular weight is 221 g/mol. The number of carbonyl (C=O) groups excluding carboxylic acids is 1. The summed E-state index contributed by atoms with van der Waals surface area (Å²) in [5.74, 6) is -0.0547. The fraction of sp³-hybridized carbons (Fsp3) is 0.250. The summed E-state index contributed by atoms with van der Waals surface area (Å²) in [6.45, 7) is 4.58. The maximum Gasteiger partial charge on any atom is 0.244 e. The Labute approximate surface area is 94.3 Å². The molecule has 0 aromatic carbocycles. The predicted octanol–water partition coefficient (Wildman–Crippen LogP) is 2.81. The Balaban J connectivity index is 2.38. The molecule has 0 atom stereocenters. The van der Waals surface area contributed by atoms with Gasteiger partial charge in [0.15, 0.2) is 0 Å². The molecule has 0 saturated carbocycles. The number of nitrogens with one attached hydrogen (secondary N) is 1. The van der Waals surface area contributed by atoms with Crippen LogP contribution in [-0.2, 0) is 11.3 Å². The van der Waals surface area contributed by atoms with E-state index in [1.807, 2.05) is 31.4 Å². The molecule has 1 aromatic rings. The van der Waals surface area contributed by atoms with E-state index in [4.69, 9.17) is 0 Å². The second-order valence-electron chi connectivity index (χ2n) is 3.13. The average Bonchev–Trinajstić information content (AvgIpc) is 2.61. The van der Waals surface area contributed by atoms with E-state index >= 15 is 0 Å². The van der Waals surface area contributed by atoms with Crippen molar-refractivity contribution in [1.82, 2.24) is 5.32 Å². The van der Waals surface area contributed by atoms with Gasteiger partial charge in [0.2, 0.25) is 5.91 Å². The van der Waals surface area contributed by atoms with Gasteiger partial charge in [0.25, 0.3) is 0 Å². The van der Waals surface area contributed by atoms with Crippen molar-refractivity contribution in [3.05, 3.63) is 46.2 Å². The first-order chi connectivity index (χ1) is 7.24. The van der Waals surface area contributed by atoms with Gasteiger partial charge in [-0.15, -0.1) is 11.3 Å². The molecular weight excluding hydrogens is 206 g/mol. The van der Waals surface area contributed by atoms with Crippen molar-refractivity contribution in [3.8, 4) is 0 Å². The minimum Gasteiger partial charge on any atom is -0.348 e. The van der Waals surface area contributed by atoms with Crippen LogP contribution in [0.3, 0.4) is 0 Å². The van der Waals surface area contributed by atoms with Gasteiger partial charge < -0.3 is 5.32 Å². The van der Waals surface area contributed by atoms with Crippen LogP contribution in [0.25, 0.3) is 0 Å². The summed E-state index contributed by atoms with van der Waals surface area (Å²) >= 11 is 1.67. The van der Waals surface area contributed by atoms with Crippen molar-refractivity contribution in [2.75, 3.05) is 0 Å². The van der Waals surface area contributed by atoms with E-state index in [0.717, 1.165) is 0 Å². The lowest BCUT2D eigenvalue weighted by Gasteiger charge is -2.00. The van der Waals surface area contributed by atoms with Gasteiger partial charge in [-0.2, -0.15) is 0 Å². The van der Waals surface area contributed by atoms with Crippen LogP contribution in [0.2, 0.25) is 0 Å². The third-order valence-corrected chi connectivity index (χ3v) is 2.97. The molecule has 0 saturated heterocycles. The second-order valence-corrected chi connectivity index (χ2v) is 4.13. The molecule has 0 aliphatic carbocycles. The molecule has 0 unspecified atom stereocenters. The van der Waals surface area contributed by atoms with Gasteiger partial charge in [-0.05, 0) is 30.9 Å². The fourth-order valence-electron chi connectivity index (χ4n) is 1.07. The van der Waals surface area contributed by atoms with Crippen LogP contribution in [0.5, 0.6) is 0 Å². The summed E-state index contributed by atoms with van der Waals surface area (Å²) in [7, 11) is 0. The zero-order valence-electron chi connectivity index (χ0n) is 8.99. The zero-order valence-corrected chi connectivity index (χ0v) is 9.80. The van der Waals surface area contributed by atoms with Crippen molar-refractivity contribution >= 4 is 17.2 Å². The molecule has 1 heterocycles. The minimum absolute atomic E-state index is 0.0547. The number of thiophene rings is 1. The van der Waals surface area contributed by atoms with Gasteiger partial charge in [-0.3, -0.25) is 4.79 Å². The van der Waals surface area contributed by atoms with Gasteiger partial charge >= 0.3 is 0 Å². The van der Waals surface area contributed by atoms with Crippen LogP contribution in [-0.4, -0.2) is 5.91 Å². The monoisotopic (exact) mass is 221 g/mol. The molecule has 2 nitrogen and oxygen atoms in total. The lowest BCUT2D eigenvalue weighted by molar-refractivity contribution is -0.116. The molecular formula is C12H15NOS. The van der Waals surface area contributed by atoms with E-state index in [0.29, 0.717) is 6.54 Å². The molecule has 1 N–H and O–H groups in total. The van der Waals surface area contributed by atoms with Crippen LogP contribution < -0.4 is 5.32 Å². The largest absolute Gasteiger partial charge is 0.348 e. The summed E-state index contributed by atoms with van der Waals surface area (Å²) in [6.07, 6.45) is 6.97. The second kappa shape index (κ2) is 6.19. The number of carbonyl (C=O) groups is 1. The van der Waals surface area contributed by atoms with Gasteiger partial charge in [0, 0.05) is 11.0 Å². The topological polar surface area (TPSA) is 29.1 Å². The SMILES string of the molecule is C/C=C/C=C/C(=O)NCc1sccc1C. The van der Waals surface area contributed by atoms with Crippen molar-refractivity contribution in [2.45, 2.75) is 20.4 Å². The third-order valence-electron chi connectivity index (χ3n) is 1.94. The number of allylic oxidation sites excluding steroid dienone is 3. The Morgan fingerprint density at radius 2 is 2.33 bits per heavy atom. The van der Waals surface area contributed by atoms with E-state index in [2.05, 4.69) is 11.4 Å². The molecule has 3 heteroatoms. The van der Waals surface area contributed by atoms with Crippen LogP contribution in [0.15, 0.2) is 35.8 Å². The third kappa shape index (κ3) is 4.13. The van der Waals surface area contributed by atoms with E-state index in [-0.39, 0.29) is 5.91 Å². The van der Waals surface area contributed by atoms with Crippen molar-refractivity contribution in [2.24, 2.45) is 0 Å². The molecule has 1 amide bonds. The lowest BCUT2D eigenvalue weighted by Crippen LogP contribution is -2.19. The fourth-order valence-corrected chi connectivity index (χ4v) is 1.91. The summed E-state index contributed by atoms with van der Waals surface area (Å²) < 4.78 is 0. The molecule has 0 radical (unpaired) electrons. The first-order valence-electron chi connectivity index (χ1n) is 4.84. The Bertz CT molecular complexity index is 377. The molecule has 1 rings (SSSR count).